The van der Waals surface area contributed by atoms with Crippen molar-refractivity contribution in [1.82, 2.24) is 5.32 Å². The third-order valence-electron chi connectivity index (χ3n) is 2.05. The van der Waals surface area contributed by atoms with Crippen molar-refractivity contribution in [2.75, 3.05) is 6.54 Å². The molecule has 0 radical (unpaired) electrons. The van der Waals surface area contributed by atoms with Crippen molar-refractivity contribution in [2.24, 2.45) is 5.73 Å². The van der Waals surface area contributed by atoms with Crippen LogP contribution in [0.3, 0.4) is 0 Å². The minimum absolute atomic E-state index is 0.389. The molecule has 1 fully saturated rings. The van der Waals surface area contributed by atoms with Crippen LogP contribution in [0.25, 0.3) is 0 Å². The van der Waals surface area contributed by atoms with Crippen molar-refractivity contribution in [3.8, 4) is 0 Å². The predicted octanol–water partition coefficient (Wildman–Crippen LogP) is -0.460. The van der Waals surface area contributed by atoms with Crippen molar-refractivity contribution in [1.29, 1.82) is 0 Å². The molecule has 64 valence electrons. The van der Waals surface area contributed by atoms with Crippen molar-refractivity contribution >= 4 is 5.97 Å². The van der Waals surface area contributed by atoms with Gasteiger partial charge in [0, 0.05) is 12.6 Å². The summed E-state index contributed by atoms with van der Waals surface area (Å²) in [6, 6.07) is -0.240. The molecule has 4 N–H and O–H groups in total. The lowest BCUT2D eigenvalue weighted by atomic mass is 9.93. The van der Waals surface area contributed by atoms with Crippen molar-refractivity contribution in [3.05, 3.63) is 0 Å². The summed E-state index contributed by atoms with van der Waals surface area (Å²) in [5.74, 6) is -0.933. The molecule has 1 aliphatic carbocycles. The highest BCUT2D eigenvalue weighted by Gasteiger charge is 2.19. The Morgan fingerprint density at radius 1 is 1.73 bits per heavy atom. The van der Waals surface area contributed by atoms with Crippen LogP contribution in [0.5, 0.6) is 0 Å². The minimum Gasteiger partial charge on any atom is -0.480 e. The summed E-state index contributed by atoms with van der Waals surface area (Å²) in [6.45, 7) is 0.389. The molecule has 0 bridgehead atoms. The van der Waals surface area contributed by atoms with Crippen molar-refractivity contribution < 1.29 is 9.90 Å². The zero-order valence-electron chi connectivity index (χ0n) is 6.42. The Labute approximate surface area is 65.8 Å². The average Bonchev–Trinajstić information content (AvgIpc) is 1.83. The van der Waals surface area contributed by atoms with Crippen LogP contribution in [0.4, 0.5) is 0 Å². The Hall–Kier alpha value is -0.610. The highest BCUT2D eigenvalue weighted by atomic mass is 16.4. The van der Waals surface area contributed by atoms with Crippen LogP contribution >= 0.6 is 0 Å². The van der Waals surface area contributed by atoms with E-state index in [1.807, 2.05) is 0 Å². The molecule has 1 aliphatic rings. The lowest BCUT2D eigenvalue weighted by molar-refractivity contribution is -0.138. The maximum atomic E-state index is 10.3. The van der Waals surface area contributed by atoms with Gasteiger partial charge in [-0.3, -0.25) is 4.79 Å². The van der Waals surface area contributed by atoms with E-state index in [-0.39, 0.29) is 0 Å². The molecule has 1 unspecified atom stereocenters. The molecule has 0 aromatic heterocycles. The maximum Gasteiger partial charge on any atom is 0.321 e. The van der Waals surface area contributed by atoms with Gasteiger partial charge in [0.2, 0.25) is 0 Å². The van der Waals surface area contributed by atoms with Crippen LogP contribution < -0.4 is 11.1 Å². The maximum absolute atomic E-state index is 10.3. The standard InChI is InChI=1S/C7H14N2O2/c8-6(7(10)11)4-9-5-2-1-3-5/h5-6,9H,1-4,8H2,(H,10,11). The third kappa shape index (κ3) is 2.48. The summed E-state index contributed by atoms with van der Waals surface area (Å²) < 4.78 is 0. The van der Waals surface area contributed by atoms with Gasteiger partial charge in [0.15, 0.2) is 0 Å². The molecule has 0 spiro atoms. The third-order valence-corrected chi connectivity index (χ3v) is 2.05. The zero-order chi connectivity index (χ0) is 8.27. The van der Waals surface area contributed by atoms with E-state index in [0.29, 0.717) is 12.6 Å². The first kappa shape index (κ1) is 8.49. The van der Waals surface area contributed by atoms with Crippen LogP contribution in [0.2, 0.25) is 0 Å². The number of hydrogen-bond donors (Lipinski definition) is 3. The van der Waals surface area contributed by atoms with Gasteiger partial charge in [-0.25, -0.2) is 0 Å². The van der Waals surface area contributed by atoms with E-state index in [9.17, 15) is 4.79 Å². The lowest BCUT2D eigenvalue weighted by Crippen LogP contribution is -2.46. The van der Waals surface area contributed by atoms with Gasteiger partial charge in [-0.1, -0.05) is 6.42 Å². The molecule has 0 aromatic rings. The molecular weight excluding hydrogens is 144 g/mol. The summed E-state index contributed by atoms with van der Waals surface area (Å²) >= 11 is 0. The Kier molecular flexibility index (Phi) is 2.84. The fraction of sp³-hybridized carbons (Fsp3) is 0.857. The predicted molar refractivity (Wildman–Crippen MR) is 41.3 cm³/mol. The summed E-state index contributed by atoms with van der Waals surface area (Å²) in [5, 5.41) is 11.5. The molecule has 1 saturated carbocycles. The van der Waals surface area contributed by atoms with Gasteiger partial charge in [0.05, 0.1) is 0 Å². The van der Waals surface area contributed by atoms with E-state index in [2.05, 4.69) is 5.32 Å². The molecule has 1 atom stereocenters. The molecule has 1 rings (SSSR count). The van der Waals surface area contributed by atoms with Crippen LogP contribution in [-0.2, 0) is 4.79 Å². The summed E-state index contributed by atoms with van der Waals surface area (Å²) in [6.07, 6.45) is 3.57. The number of carboxylic acid groups (broad SMARTS) is 1. The van der Waals surface area contributed by atoms with Gasteiger partial charge in [-0.05, 0) is 12.8 Å². The van der Waals surface area contributed by atoms with E-state index in [1.54, 1.807) is 0 Å². The van der Waals surface area contributed by atoms with Gasteiger partial charge < -0.3 is 16.2 Å². The summed E-state index contributed by atoms with van der Waals surface area (Å²) in [5.41, 5.74) is 5.28. The van der Waals surface area contributed by atoms with Gasteiger partial charge in [0.1, 0.15) is 6.04 Å². The topological polar surface area (TPSA) is 75.3 Å². The number of nitrogens with one attached hydrogen (secondary N) is 1. The van der Waals surface area contributed by atoms with Gasteiger partial charge in [-0.2, -0.15) is 0 Å². The molecule has 0 saturated heterocycles. The summed E-state index contributed by atoms with van der Waals surface area (Å²) in [7, 11) is 0. The van der Waals surface area contributed by atoms with Crippen LogP contribution in [0.1, 0.15) is 19.3 Å². The number of nitrogens with two attached hydrogens (primary N) is 1. The molecule has 11 heavy (non-hydrogen) atoms. The Morgan fingerprint density at radius 2 is 2.36 bits per heavy atom. The minimum atomic E-state index is -0.933. The fourth-order valence-corrected chi connectivity index (χ4v) is 0.993. The number of rotatable bonds is 4. The first-order valence-electron chi connectivity index (χ1n) is 3.92. The largest absolute Gasteiger partial charge is 0.480 e. The van der Waals surface area contributed by atoms with E-state index >= 15 is 0 Å². The second-order valence-corrected chi connectivity index (χ2v) is 2.98. The Balaban J connectivity index is 2.05. The normalized spacial score (nSPS) is 20.8. The lowest BCUT2D eigenvalue weighted by Gasteiger charge is -2.27. The van der Waals surface area contributed by atoms with E-state index in [4.69, 9.17) is 10.8 Å². The highest BCUT2D eigenvalue weighted by Crippen LogP contribution is 2.17. The first-order chi connectivity index (χ1) is 5.20. The monoisotopic (exact) mass is 158 g/mol. The van der Waals surface area contributed by atoms with E-state index < -0.39 is 12.0 Å². The van der Waals surface area contributed by atoms with E-state index in [0.717, 1.165) is 12.8 Å². The fourth-order valence-electron chi connectivity index (χ4n) is 0.993. The van der Waals surface area contributed by atoms with Crippen molar-refractivity contribution in [3.63, 3.8) is 0 Å². The average molecular weight is 158 g/mol. The molecule has 0 heterocycles. The smallest absolute Gasteiger partial charge is 0.321 e. The Morgan fingerprint density at radius 3 is 2.73 bits per heavy atom. The van der Waals surface area contributed by atoms with Crippen LogP contribution in [0.15, 0.2) is 0 Å². The van der Waals surface area contributed by atoms with E-state index in [1.165, 1.54) is 6.42 Å². The number of aliphatic carboxylic acids is 1. The van der Waals surface area contributed by atoms with Crippen LogP contribution in [-0.4, -0.2) is 29.7 Å². The van der Waals surface area contributed by atoms with Crippen LogP contribution in [0, 0.1) is 0 Å². The van der Waals surface area contributed by atoms with Gasteiger partial charge in [0.25, 0.3) is 0 Å². The zero-order valence-corrected chi connectivity index (χ0v) is 6.42. The molecule has 0 amide bonds. The second-order valence-electron chi connectivity index (χ2n) is 2.98. The molecule has 0 aromatic carbocycles. The number of carbonyl (C=O) groups is 1. The Bertz CT molecular complexity index is 145. The first-order valence-corrected chi connectivity index (χ1v) is 3.92. The highest BCUT2D eigenvalue weighted by molar-refractivity contribution is 5.73. The van der Waals surface area contributed by atoms with Gasteiger partial charge >= 0.3 is 5.97 Å². The van der Waals surface area contributed by atoms with Gasteiger partial charge in [-0.15, -0.1) is 0 Å². The molecule has 0 aliphatic heterocycles. The molecule has 4 nitrogen and oxygen atoms in total. The molecule has 4 heteroatoms. The number of hydrogen-bond acceptors (Lipinski definition) is 3. The quantitative estimate of drug-likeness (QED) is 0.517. The summed E-state index contributed by atoms with van der Waals surface area (Å²) in [4.78, 5) is 10.3. The molecular formula is C7H14N2O2. The SMILES string of the molecule is NC(CNC1CCC1)C(=O)O. The second kappa shape index (κ2) is 3.69. The van der Waals surface area contributed by atoms with Crippen molar-refractivity contribution in [2.45, 2.75) is 31.3 Å². The number of carboxylic acids is 1.